The van der Waals surface area contributed by atoms with Crippen LogP contribution in [0.3, 0.4) is 0 Å². The van der Waals surface area contributed by atoms with Gasteiger partial charge in [0.2, 0.25) is 5.95 Å². The highest BCUT2D eigenvalue weighted by atomic mass is 19.1. The quantitative estimate of drug-likeness (QED) is 0.726. The molecule has 4 heterocycles. The summed E-state index contributed by atoms with van der Waals surface area (Å²) in [5.41, 5.74) is 4.81. The Morgan fingerprint density at radius 1 is 0.931 bits per heavy atom. The minimum atomic E-state index is -0.275. The normalized spacial score (nSPS) is 18.3. The number of rotatable bonds is 4. The summed E-state index contributed by atoms with van der Waals surface area (Å²) in [6, 6.07) is 6.28. The van der Waals surface area contributed by atoms with Gasteiger partial charge in [0.05, 0.1) is 30.5 Å². The molecule has 2 fully saturated rings. The molecule has 0 bridgehead atoms. The van der Waals surface area contributed by atoms with Gasteiger partial charge in [-0.1, -0.05) is 0 Å². The lowest BCUT2D eigenvalue weighted by atomic mass is 10.1. The van der Waals surface area contributed by atoms with Crippen molar-refractivity contribution >= 4 is 22.8 Å². The molecule has 8 nitrogen and oxygen atoms in total. The van der Waals surface area contributed by atoms with Crippen molar-refractivity contribution in [1.82, 2.24) is 24.8 Å². The van der Waals surface area contributed by atoms with Gasteiger partial charge in [0.15, 0.2) is 5.65 Å². The Morgan fingerprint density at radius 3 is 2.45 bits per heavy atom. The summed E-state index contributed by atoms with van der Waals surface area (Å²) >= 11 is 0. The van der Waals surface area contributed by atoms with Gasteiger partial charge >= 0.3 is 0 Å². The van der Waals surface area contributed by atoms with E-state index in [9.17, 15) is 4.39 Å². The zero-order valence-corrected chi connectivity index (χ0v) is 16.2. The maximum Gasteiger partial charge on any atom is 0.241 e. The van der Waals surface area contributed by atoms with Gasteiger partial charge in [-0.2, -0.15) is 15.1 Å². The zero-order valence-electron chi connectivity index (χ0n) is 16.2. The number of aromatic nitrogens is 4. The number of morpholine rings is 1. The standard InChI is InChI=1S/C20H24FN7O/c21-15-4-6-16(7-5-15)28-19-17(14-22-28)18(26-8-2-1-3-9-26)23-20(24-19)25-27-10-12-29-13-11-27/h4-7,14H,1-3,8-13H2,(H,23,24,25). The Labute approximate surface area is 168 Å². The Kier molecular flexibility index (Phi) is 4.99. The highest BCUT2D eigenvalue weighted by molar-refractivity contribution is 5.89. The van der Waals surface area contributed by atoms with E-state index in [4.69, 9.17) is 14.7 Å². The van der Waals surface area contributed by atoms with E-state index in [1.807, 2.05) is 0 Å². The molecule has 3 aromatic rings. The van der Waals surface area contributed by atoms with Crippen molar-refractivity contribution in [2.75, 3.05) is 49.7 Å². The van der Waals surface area contributed by atoms with Gasteiger partial charge in [0.1, 0.15) is 11.6 Å². The van der Waals surface area contributed by atoms with Gasteiger partial charge < -0.3 is 9.64 Å². The van der Waals surface area contributed by atoms with Crippen molar-refractivity contribution in [2.45, 2.75) is 19.3 Å². The molecule has 1 N–H and O–H groups in total. The van der Waals surface area contributed by atoms with Gasteiger partial charge in [0, 0.05) is 26.2 Å². The van der Waals surface area contributed by atoms with Crippen LogP contribution in [0.5, 0.6) is 0 Å². The molecular weight excluding hydrogens is 373 g/mol. The van der Waals surface area contributed by atoms with Crippen LogP contribution in [0.15, 0.2) is 30.5 Å². The lowest BCUT2D eigenvalue weighted by Gasteiger charge is -2.30. The molecule has 0 amide bonds. The van der Waals surface area contributed by atoms with Crippen molar-refractivity contribution in [2.24, 2.45) is 0 Å². The Morgan fingerprint density at radius 2 is 1.69 bits per heavy atom. The molecule has 2 aliphatic rings. The molecule has 0 spiro atoms. The summed E-state index contributed by atoms with van der Waals surface area (Å²) in [7, 11) is 0. The van der Waals surface area contributed by atoms with Crippen LogP contribution in [0.25, 0.3) is 16.7 Å². The number of hydrogen-bond acceptors (Lipinski definition) is 7. The molecule has 2 aromatic heterocycles. The van der Waals surface area contributed by atoms with Crippen LogP contribution in [0.4, 0.5) is 16.2 Å². The van der Waals surface area contributed by atoms with E-state index in [2.05, 4.69) is 20.4 Å². The van der Waals surface area contributed by atoms with Crippen LogP contribution in [0, 0.1) is 5.82 Å². The van der Waals surface area contributed by atoms with Crippen LogP contribution >= 0.6 is 0 Å². The summed E-state index contributed by atoms with van der Waals surface area (Å²) in [5.74, 6) is 1.17. The predicted molar refractivity (Wildman–Crippen MR) is 109 cm³/mol. The average Bonchev–Trinajstić information content (AvgIpc) is 3.19. The summed E-state index contributed by atoms with van der Waals surface area (Å²) in [6.07, 6.45) is 5.37. The third kappa shape index (κ3) is 3.75. The Bertz CT molecular complexity index is 978. The second kappa shape index (κ2) is 7.92. The summed E-state index contributed by atoms with van der Waals surface area (Å²) in [5, 5.41) is 7.52. The fourth-order valence-electron chi connectivity index (χ4n) is 3.88. The summed E-state index contributed by atoms with van der Waals surface area (Å²) < 4.78 is 20.6. The first-order chi connectivity index (χ1) is 14.3. The number of halogens is 1. The van der Waals surface area contributed by atoms with Crippen LogP contribution in [0.1, 0.15) is 19.3 Å². The smallest absolute Gasteiger partial charge is 0.241 e. The molecule has 0 unspecified atom stereocenters. The first kappa shape index (κ1) is 18.3. The molecule has 2 saturated heterocycles. The van der Waals surface area contributed by atoms with Crippen LogP contribution in [-0.2, 0) is 4.74 Å². The van der Waals surface area contributed by atoms with Crippen molar-refractivity contribution < 1.29 is 9.13 Å². The number of nitrogens with zero attached hydrogens (tertiary/aromatic N) is 6. The highest BCUT2D eigenvalue weighted by Crippen LogP contribution is 2.29. The number of ether oxygens (including phenoxy) is 1. The van der Waals surface area contributed by atoms with E-state index in [1.165, 1.54) is 18.6 Å². The first-order valence-electron chi connectivity index (χ1n) is 10.1. The van der Waals surface area contributed by atoms with E-state index in [-0.39, 0.29) is 5.82 Å². The third-order valence-corrected chi connectivity index (χ3v) is 5.40. The average molecular weight is 397 g/mol. The van der Waals surface area contributed by atoms with Crippen LogP contribution in [0.2, 0.25) is 0 Å². The topological polar surface area (TPSA) is 71.3 Å². The number of fused-ring (bicyclic) bond motifs is 1. The van der Waals surface area contributed by atoms with Crippen LogP contribution in [-0.4, -0.2) is 64.2 Å². The minimum absolute atomic E-state index is 0.275. The summed E-state index contributed by atoms with van der Waals surface area (Å²) in [4.78, 5) is 11.9. The molecular formula is C20H24FN7O. The monoisotopic (exact) mass is 397 g/mol. The van der Waals surface area contributed by atoms with E-state index in [1.54, 1.807) is 23.0 Å². The molecule has 0 atom stereocenters. The number of hydrazine groups is 1. The van der Waals surface area contributed by atoms with E-state index < -0.39 is 0 Å². The number of anilines is 2. The fraction of sp³-hybridized carbons (Fsp3) is 0.450. The molecule has 1 aromatic carbocycles. The van der Waals surface area contributed by atoms with E-state index in [0.29, 0.717) is 24.8 Å². The molecule has 152 valence electrons. The largest absolute Gasteiger partial charge is 0.379 e. The lowest BCUT2D eigenvalue weighted by molar-refractivity contribution is 0.0493. The molecule has 9 heteroatoms. The predicted octanol–water partition coefficient (Wildman–Crippen LogP) is 2.60. The maximum absolute atomic E-state index is 13.4. The number of hydrogen-bond donors (Lipinski definition) is 1. The Hall–Kier alpha value is -2.78. The van der Waals surface area contributed by atoms with Crippen LogP contribution < -0.4 is 10.3 Å². The van der Waals surface area contributed by atoms with Crippen molar-refractivity contribution in [3.8, 4) is 5.69 Å². The van der Waals surface area contributed by atoms with Gasteiger partial charge in [-0.15, -0.1) is 0 Å². The molecule has 0 aliphatic carbocycles. The van der Waals surface area contributed by atoms with E-state index in [0.717, 1.165) is 55.9 Å². The third-order valence-electron chi connectivity index (χ3n) is 5.40. The van der Waals surface area contributed by atoms with Crippen molar-refractivity contribution in [3.05, 3.63) is 36.3 Å². The first-order valence-corrected chi connectivity index (χ1v) is 10.1. The van der Waals surface area contributed by atoms with Crippen molar-refractivity contribution in [1.29, 1.82) is 0 Å². The van der Waals surface area contributed by atoms with Gasteiger partial charge in [0.25, 0.3) is 0 Å². The minimum Gasteiger partial charge on any atom is -0.379 e. The fourth-order valence-corrected chi connectivity index (χ4v) is 3.88. The zero-order chi connectivity index (χ0) is 19.6. The number of benzene rings is 1. The van der Waals surface area contributed by atoms with E-state index >= 15 is 0 Å². The molecule has 0 saturated carbocycles. The summed E-state index contributed by atoms with van der Waals surface area (Å²) in [6.45, 7) is 4.87. The van der Waals surface area contributed by atoms with Gasteiger partial charge in [-0.3, -0.25) is 5.43 Å². The second-order valence-electron chi connectivity index (χ2n) is 7.40. The highest BCUT2D eigenvalue weighted by Gasteiger charge is 2.21. The molecule has 0 radical (unpaired) electrons. The molecule has 5 rings (SSSR count). The maximum atomic E-state index is 13.4. The second-order valence-corrected chi connectivity index (χ2v) is 7.40. The Balaban J connectivity index is 1.58. The molecule has 29 heavy (non-hydrogen) atoms. The van der Waals surface area contributed by atoms with Gasteiger partial charge in [-0.25, -0.2) is 14.1 Å². The van der Waals surface area contributed by atoms with Crippen molar-refractivity contribution in [3.63, 3.8) is 0 Å². The lowest BCUT2D eigenvalue weighted by Crippen LogP contribution is -2.41. The number of piperidine rings is 1. The SMILES string of the molecule is Fc1ccc(-n2ncc3c(N4CCCCC4)nc(NN4CCOCC4)nc32)cc1. The van der Waals surface area contributed by atoms with Gasteiger partial charge in [-0.05, 0) is 43.5 Å². The molecule has 2 aliphatic heterocycles. The number of nitrogens with one attached hydrogen (secondary N) is 1.